The zero-order valence-corrected chi connectivity index (χ0v) is 9.56. The molecular weight excluding hydrogens is 206 g/mol. The zero-order valence-electron chi connectivity index (χ0n) is 9.56. The van der Waals surface area contributed by atoms with E-state index in [4.69, 9.17) is 4.52 Å². The standard InChI is InChI=1S/C11H15N3O2/c1-8-3-9(12-16-8)10(15)14-6-11(7-14)4-13(2)5-11/h3H,4-7H2,1-2H3. The van der Waals surface area contributed by atoms with Crippen LogP contribution in [0.15, 0.2) is 10.6 Å². The molecule has 2 aliphatic heterocycles. The number of rotatable bonds is 1. The first-order valence-electron chi connectivity index (χ1n) is 5.49. The maximum atomic E-state index is 11.9. The molecule has 5 heteroatoms. The van der Waals surface area contributed by atoms with Crippen LogP contribution in [0.4, 0.5) is 0 Å². The maximum Gasteiger partial charge on any atom is 0.276 e. The molecule has 0 aliphatic carbocycles. The second-order valence-electron chi connectivity index (χ2n) is 5.16. The molecule has 0 bridgehead atoms. The van der Waals surface area contributed by atoms with Crippen molar-refractivity contribution >= 4 is 5.91 Å². The van der Waals surface area contributed by atoms with Crippen LogP contribution >= 0.6 is 0 Å². The van der Waals surface area contributed by atoms with Crippen LogP contribution < -0.4 is 0 Å². The van der Waals surface area contributed by atoms with E-state index in [-0.39, 0.29) is 5.91 Å². The van der Waals surface area contributed by atoms with E-state index >= 15 is 0 Å². The van der Waals surface area contributed by atoms with Crippen LogP contribution in [0.2, 0.25) is 0 Å². The van der Waals surface area contributed by atoms with E-state index in [9.17, 15) is 4.79 Å². The normalized spacial score (nSPS) is 23.0. The summed E-state index contributed by atoms with van der Waals surface area (Å²) in [5.74, 6) is 0.680. The van der Waals surface area contributed by atoms with Crippen LogP contribution in [0, 0.1) is 12.3 Å². The molecule has 1 amide bonds. The van der Waals surface area contributed by atoms with Crippen LogP contribution in [0.1, 0.15) is 16.2 Å². The Labute approximate surface area is 94.0 Å². The number of nitrogens with zero attached hydrogens (tertiary/aromatic N) is 3. The van der Waals surface area contributed by atoms with Gasteiger partial charge in [-0.15, -0.1) is 0 Å². The molecule has 0 N–H and O–H groups in total. The third kappa shape index (κ3) is 1.35. The summed E-state index contributed by atoms with van der Waals surface area (Å²) >= 11 is 0. The van der Waals surface area contributed by atoms with E-state index in [2.05, 4.69) is 17.1 Å². The van der Waals surface area contributed by atoms with Crippen LogP contribution in [-0.2, 0) is 0 Å². The fraction of sp³-hybridized carbons (Fsp3) is 0.636. The van der Waals surface area contributed by atoms with Gasteiger partial charge in [0.1, 0.15) is 5.76 Å². The highest BCUT2D eigenvalue weighted by Crippen LogP contribution is 2.39. The third-order valence-corrected chi connectivity index (χ3v) is 3.40. The van der Waals surface area contributed by atoms with Gasteiger partial charge >= 0.3 is 0 Å². The van der Waals surface area contributed by atoms with Gasteiger partial charge < -0.3 is 14.3 Å². The Balaban J connectivity index is 1.63. The predicted octanol–water partition coefficient (Wildman–Crippen LogP) is 0.371. The molecule has 3 rings (SSSR count). The van der Waals surface area contributed by atoms with Crippen LogP contribution in [-0.4, -0.2) is 54.1 Å². The lowest BCUT2D eigenvalue weighted by Gasteiger charge is -2.59. The predicted molar refractivity (Wildman–Crippen MR) is 57.1 cm³/mol. The largest absolute Gasteiger partial charge is 0.361 e. The summed E-state index contributed by atoms with van der Waals surface area (Å²) in [5.41, 5.74) is 0.809. The number of aryl methyl sites for hydroxylation is 1. The monoisotopic (exact) mass is 221 g/mol. The van der Waals surface area contributed by atoms with Crippen molar-refractivity contribution < 1.29 is 9.32 Å². The Morgan fingerprint density at radius 2 is 2.12 bits per heavy atom. The highest BCUT2D eigenvalue weighted by atomic mass is 16.5. The average Bonchev–Trinajstić information content (AvgIpc) is 2.55. The highest BCUT2D eigenvalue weighted by Gasteiger charge is 2.52. The van der Waals surface area contributed by atoms with Crippen LogP contribution in [0.5, 0.6) is 0 Å². The van der Waals surface area contributed by atoms with E-state index in [0.29, 0.717) is 16.9 Å². The Hall–Kier alpha value is -1.36. The Morgan fingerprint density at radius 1 is 1.44 bits per heavy atom. The molecule has 0 aromatic carbocycles. The minimum absolute atomic E-state index is 0.00275. The second-order valence-corrected chi connectivity index (χ2v) is 5.16. The molecule has 0 radical (unpaired) electrons. The Morgan fingerprint density at radius 3 is 2.62 bits per heavy atom. The quantitative estimate of drug-likeness (QED) is 0.687. The maximum absolute atomic E-state index is 11.9. The first-order chi connectivity index (χ1) is 7.58. The molecule has 3 heterocycles. The van der Waals surface area contributed by atoms with Crippen molar-refractivity contribution in [1.29, 1.82) is 0 Å². The second kappa shape index (κ2) is 3.07. The third-order valence-electron chi connectivity index (χ3n) is 3.40. The molecule has 1 aromatic rings. The van der Waals surface area contributed by atoms with E-state index < -0.39 is 0 Å². The number of carbonyl (C=O) groups excluding carboxylic acids is 1. The lowest BCUT2D eigenvalue weighted by molar-refractivity contribution is -0.0874. The fourth-order valence-electron chi connectivity index (χ4n) is 2.84. The first-order valence-corrected chi connectivity index (χ1v) is 5.49. The molecule has 1 spiro atoms. The van der Waals surface area contributed by atoms with Gasteiger partial charge in [0.25, 0.3) is 5.91 Å². The van der Waals surface area contributed by atoms with Crippen molar-refractivity contribution in [2.45, 2.75) is 6.92 Å². The van der Waals surface area contributed by atoms with Gasteiger partial charge in [-0.1, -0.05) is 5.16 Å². The number of hydrogen-bond donors (Lipinski definition) is 0. The molecule has 86 valence electrons. The van der Waals surface area contributed by atoms with Gasteiger partial charge in [0.15, 0.2) is 5.69 Å². The molecule has 0 saturated carbocycles. The lowest BCUT2D eigenvalue weighted by Crippen LogP contribution is -2.72. The number of carbonyl (C=O) groups is 1. The average molecular weight is 221 g/mol. The van der Waals surface area contributed by atoms with Gasteiger partial charge in [0.05, 0.1) is 0 Å². The Kier molecular flexibility index (Phi) is 1.89. The smallest absolute Gasteiger partial charge is 0.276 e. The molecule has 1 aromatic heterocycles. The fourth-order valence-corrected chi connectivity index (χ4v) is 2.84. The summed E-state index contributed by atoms with van der Waals surface area (Å²) in [6, 6.07) is 1.69. The highest BCUT2D eigenvalue weighted by molar-refractivity contribution is 5.93. The summed E-state index contributed by atoms with van der Waals surface area (Å²) < 4.78 is 4.91. The number of hydrogen-bond acceptors (Lipinski definition) is 4. The SMILES string of the molecule is Cc1cc(C(=O)N2CC3(CN(C)C3)C2)no1. The van der Waals surface area contributed by atoms with Crippen molar-refractivity contribution in [3.8, 4) is 0 Å². The van der Waals surface area contributed by atoms with Gasteiger partial charge in [-0.3, -0.25) is 4.79 Å². The molecular formula is C11H15N3O2. The van der Waals surface area contributed by atoms with Crippen molar-refractivity contribution in [1.82, 2.24) is 15.0 Å². The van der Waals surface area contributed by atoms with Crippen molar-refractivity contribution in [2.24, 2.45) is 5.41 Å². The molecule has 5 nitrogen and oxygen atoms in total. The van der Waals surface area contributed by atoms with Crippen LogP contribution in [0.25, 0.3) is 0 Å². The summed E-state index contributed by atoms with van der Waals surface area (Å²) in [4.78, 5) is 16.1. The van der Waals surface area contributed by atoms with E-state index in [1.165, 1.54) is 0 Å². The van der Waals surface area contributed by atoms with E-state index in [1.807, 2.05) is 4.90 Å². The minimum Gasteiger partial charge on any atom is -0.361 e. The van der Waals surface area contributed by atoms with E-state index in [0.717, 1.165) is 26.2 Å². The van der Waals surface area contributed by atoms with Crippen LogP contribution in [0.3, 0.4) is 0 Å². The molecule has 16 heavy (non-hydrogen) atoms. The van der Waals surface area contributed by atoms with Gasteiger partial charge in [-0.2, -0.15) is 0 Å². The van der Waals surface area contributed by atoms with E-state index in [1.54, 1.807) is 13.0 Å². The van der Waals surface area contributed by atoms with Crippen molar-refractivity contribution in [3.63, 3.8) is 0 Å². The first kappa shape index (κ1) is 9.84. The number of likely N-dealkylation sites (tertiary alicyclic amines) is 2. The molecule has 0 unspecified atom stereocenters. The summed E-state index contributed by atoms with van der Waals surface area (Å²) in [6.07, 6.45) is 0. The summed E-state index contributed by atoms with van der Waals surface area (Å²) in [6.45, 7) is 5.73. The zero-order chi connectivity index (χ0) is 11.3. The summed E-state index contributed by atoms with van der Waals surface area (Å²) in [7, 11) is 2.11. The molecule has 2 saturated heterocycles. The molecule has 2 fully saturated rings. The van der Waals surface area contributed by atoms with Crippen molar-refractivity contribution in [3.05, 3.63) is 17.5 Å². The van der Waals surface area contributed by atoms with Gasteiger partial charge in [-0.25, -0.2) is 0 Å². The van der Waals surface area contributed by atoms with Gasteiger partial charge in [0.2, 0.25) is 0 Å². The van der Waals surface area contributed by atoms with Crippen molar-refractivity contribution in [2.75, 3.05) is 33.2 Å². The molecule has 2 aliphatic rings. The topological polar surface area (TPSA) is 49.6 Å². The minimum atomic E-state index is -0.00275. The number of amides is 1. The Bertz CT molecular complexity index is 426. The lowest BCUT2D eigenvalue weighted by atomic mass is 9.73. The summed E-state index contributed by atoms with van der Waals surface area (Å²) in [5, 5.41) is 3.75. The van der Waals surface area contributed by atoms with Gasteiger partial charge in [0, 0.05) is 37.7 Å². The number of aromatic nitrogens is 1. The van der Waals surface area contributed by atoms with Gasteiger partial charge in [-0.05, 0) is 14.0 Å². The molecule has 0 atom stereocenters.